The quantitative estimate of drug-likeness (QED) is 0.633. The van der Waals surface area contributed by atoms with Gasteiger partial charge in [0.15, 0.2) is 0 Å². The molecule has 2 rings (SSSR count). The van der Waals surface area contributed by atoms with Crippen molar-refractivity contribution >= 4 is 34.9 Å². The standard InChI is InChI=1S/C15H18ClNOS.C4H6O4/c1-17(2)10-9-14(15-4-3-11-19-15)18-13-7-5-12(16)6-8-13;5-3(6)1-2-4(7)8/h3-8,11,14H,9-10H2,1-2H3;1-2H2,(H,5,6)(H,7,8). The first-order chi connectivity index (χ1) is 12.8. The van der Waals surface area contributed by atoms with Gasteiger partial charge in [-0.05, 0) is 49.8 Å². The first kappa shape index (κ1) is 23.0. The lowest BCUT2D eigenvalue weighted by molar-refractivity contribution is -0.143. The van der Waals surface area contributed by atoms with Crippen molar-refractivity contribution in [2.75, 3.05) is 20.6 Å². The van der Waals surface area contributed by atoms with E-state index in [9.17, 15) is 9.59 Å². The number of rotatable bonds is 9. The molecule has 27 heavy (non-hydrogen) atoms. The van der Waals surface area contributed by atoms with E-state index in [1.165, 1.54) is 4.88 Å². The number of benzene rings is 1. The van der Waals surface area contributed by atoms with E-state index in [1.807, 2.05) is 24.3 Å². The maximum absolute atomic E-state index is 9.64. The minimum atomic E-state index is -1.08. The molecule has 0 aliphatic carbocycles. The molecule has 2 aromatic rings. The summed E-state index contributed by atoms with van der Waals surface area (Å²) in [4.78, 5) is 22.7. The molecule has 8 heteroatoms. The Morgan fingerprint density at radius 3 is 2.15 bits per heavy atom. The van der Waals surface area contributed by atoms with Crippen molar-refractivity contribution in [2.45, 2.75) is 25.4 Å². The van der Waals surface area contributed by atoms with Crippen molar-refractivity contribution in [1.29, 1.82) is 0 Å². The van der Waals surface area contributed by atoms with Gasteiger partial charge in [-0.1, -0.05) is 17.7 Å². The Balaban J connectivity index is 0.000000387. The van der Waals surface area contributed by atoms with Crippen LogP contribution in [0.15, 0.2) is 41.8 Å². The zero-order chi connectivity index (χ0) is 20.2. The van der Waals surface area contributed by atoms with E-state index in [1.54, 1.807) is 11.3 Å². The fourth-order valence-corrected chi connectivity index (χ4v) is 2.92. The molecular formula is C19H24ClNO5S. The minimum Gasteiger partial charge on any atom is -0.485 e. The van der Waals surface area contributed by atoms with Gasteiger partial charge in [-0.15, -0.1) is 11.3 Å². The largest absolute Gasteiger partial charge is 0.485 e. The normalized spacial score (nSPS) is 11.4. The zero-order valence-electron chi connectivity index (χ0n) is 15.3. The average Bonchev–Trinajstić information content (AvgIpc) is 3.13. The van der Waals surface area contributed by atoms with Crippen LogP contribution in [0.25, 0.3) is 0 Å². The zero-order valence-corrected chi connectivity index (χ0v) is 16.9. The summed E-state index contributed by atoms with van der Waals surface area (Å²) in [7, 11) is 4.15. The van der Waals surface area contributed by atoms with Crippen molar-refractivity contribution in [2.24, 2.45) is 0 Å². The van der Waals surface area contributed by atoms with E-state index in [4.69, 9.17) is 26.6 Å². The van der Waals surface area contributed by atoms with Crippen LogP contribution in [-0.4, -0.2) is 47.7 Å². The minimum absolute atomic E-state index is 0.101. The van der Waals surface area contributed by atoms with Gasteiger partial charge in [-0.25, -0.2) is 0 Å². The van der Waals surface area contributed by atoms with E-state index >= 15 is 0 Å². The summed E-state index contributed by atoms with van der Waals surface area (Å²) in [6.45, 7) is 0.996. The molecule has 0 fully saturated rings. The van der Waals surface area contributed by atoms with E-state index < -0.39 is 11.9 Å². The number of ether oxygens (including phenoxy) is 1. The van der Waals surface area contributed by atoms with Crippen molar-refractivity contribution < 1.29 is 24.5 Å². The molecule has 0 spiro atoms. The van der Waals surface area contributed by atoms with Gasteiger partial charge in [0.1, 0.15) is 11.9 Å². The molecule has 148 valence electrons. The Morgan fingerprint density at radius 2 is 1.70 bits per heavy atom. The Kier molecular flexibility index (Phi) is 10.5. The molecule has 0 aliphatic heterocycles. The summed E-state index contributed by atoms with van der Waals surface area (Å²) < 4.78 is 6.09. The Hall–Kier alpha value is -2.09. The average molecular weight is 414 g/mol. The smallest absolute Gasteiger partial charge is 0.303 e. The maximum Gasteiger partial charge on any atom is 0.303 e. The highest BCUT2D eigenvalue weighted by Crippen LogP contribution is 2.28. The molecule has 0 saturated heterocycles. The third-order valence-corrected chi connectivity index (χ3v) is 4.56. The van der Waals surface area contributed by atoms with Gasteiger partial charge in [0.2, 0.25) is 0 Å². The van der Waals surface area contributed by atoms with Crippen LogP contribution >= 0.6 is 22.9 Å². The van der Waals surface area contributed by atoms with E-state index in [0.717, 1.165) is 23.7 Å². The summed E-state index contributed by atoms with van der Waals surface area (Å²) in [5, 5.41) is 18.6. The maximum atomic E-state index is 9.64. The van der Waals surface area contributed by atoms with Gasteiger partial charge in [0, 0.05) is 22.9 Å². The second-order valence-corrected chi connectivity index (χ2v) is 7.37. The molecular weight excluding hydrogens is 390 g/mol. The lowest BCUT2D eigenvalue weighted by Crippen LogP contribution is -2.18. The van der Waals surface area contributed by atoms with E-state index in [-0.39, 0.29) is 18.9 Å². The number of carboxylic acid groups (broad SMARTS) is 2. The van der Waals surface area contributed by atoms with Crippen molar-refractivity contribution in [3.63, 3.8) is 0 Å². The monoisotopic (exact) mass is 413 g/mol. The van der Waals surface area contributed by atoms with Crippen molar-refractivity contribution in [3.05, 3.63) is 51.7 Å². The number of carboxylic acids is 2. The molecule has 1 aromatic carbocycles. The molecule has 0 bridgehead atoms. The molecule has 1 unspecified atom stereocenters. The van der Waals surface area contributed by atoms with Gasteiger partial charge >= 0.3 is 11.9 Å². The Bertz CT molecular complexity index is 675. The molecule has 0 radical (unpaired) electrons. The number of thiophene rings is 1. The number of nitrogens with zero attached hydrogens (tertiary/aromatic N) is 1. The summed E-state index contributed by atoms with van der Waals surface area (Å²) in [5.74, 6) is -1.29. The summed E-state index contributed by atoms with van der Waals surface area (Å²) in [5.41, 5.74) is 0. The van der Waals surface area contributed by atoms with Crippen LogP contribution in [0.1, 0.15) is 30.2 Å². The van der Waals surface area contributed by atoms with E-state index in [0.29, 0.717) is 0 Å². The van der Waals surface area contributed by atoms with Gasteiger partial charge in [-0.2, -0.15) is 0 Å². The summed E-state index contributed by atoms with van der Waals surface area (Å²) in [6, 6.07) is 11.7. The highest BCUT2D eigenvalue weighted by molar-refractivity contribution is 7.10. The van der Waals surface area contributed by atoms with Gasteiger partial charge in [-0.3, -0.25) is 9.59 Å². The third-order valence-electron chi connectivity index (χ3n) is 3.34. The second kappa shape index (κ2) is 12.3. The van der Waals surface area contributed by atoms with E-state index in [2.05, 4.69) is 36.5 Å². The van der Waals surface area contributed by atoms with Crippen LogP contribution in [0.4, 0.5) is 0 Å². The molecule has 1 heterocycles. The molecule has 2 N–H and O–H groups in total. The number of hydrogen-bond donors (Lipinski definition) is 2. The van der Waals surface area contributed by atoms with Crippen LogP contribution in [-0.2, 0) is 9.59 Å². The Morgan fingerprint density at radius 1 is 1.11 bits per heavy atom. The lowest BCUT2D eigenvalue weighted by atomic mass is 10.2. The van der Waals surface area contributed by atoms with Gasteiger partial charge in [0.05, 0.1) is 12.8 Å². The molecule has 0 aliphatic rings. The predicted octanol–water partition coefficient (Wildman–Crippen LogP) is 4.41. The fraction of sp³-hybridized carbons (Fsp3) is 0.368. The fourth-order valence-electron chi connectivity index (χ4n) is 2.00. The summed E-state index contributed by atoms with van der Waals surface area (Å²) >= 11 is 7.63. The number of hydrogen-bond acceptors (Lipinski definition) is 5. The molecule has 6 nitrogen and oxygen atoms in total. The van der Waals surface area contributed by atoms with Crippen LogP contribution in [0.5, 0.6) is 5.75 Å². The Labute approximate surface area is 168 Å². The molecule has 0 amide bonds. The van der Waals surface area contributed by atoms with Crippen molar-refractivity contribution in [3.8, 4) is 5.75 Å². The lowest BCUT2D eigenvalue weighted by Gasteiger charge is -2.20. The van der Waals surface area contributed by atoms with Crippen molar-refractivity contribution in [1.82, 2.24) is 4.90 Å². The van der Waals surface area contributed by atoms with Crippen LogP contribution in [0.2, 0.25) is 5.02 Å². The SMILES string of the molecule is CN(C)CCC(Oc1ccc(Cl)cc1)c1cccs1.O=C(O)CCC(=O)O. The van der Waals surface area contributed by atoms with Crippen LogP contribution in [0.3, 0.4) is 0 Å². The molecule has 1 atom stereocenters. The van der Waals surface area contributed by atoms with Crippen LogP contribution in [0, 0.1) is 0 Å². The second-order valence-electron chi connectivity index (χ2n) is 5.96. The van der Waals surface area contributed by atoms with Gasteiger partial charge < -0.3 is 19.8 Å². The number of aliphatic carboxylic acids is 2. The number of carbonyl (C=O) groups is 2. The van der Waals surface area contributed by atoms with Crippen LogP contribution < -0.4 is 4.74 Å². The topological polar surface area (TPSA) is 87.1 Å². The summed E-state index contributed by atoms with van der Waals surface area (Å²) in [6.07, 6.45) is 0.476. The highest BCUT2D eigenvalue weighted by atomic mass is 35.5. The highest BCUT2D eigenvalue weighted by Gasteiger charge is 2.15. The third kappa shape index (κ3) is 10.6. The first-order valence-corrected chi connectivity index (χ1v) is 9.57. The van der Waals surface area contributed by atoms with Gasteiger partial charge in [0.25, 0.3) is 0 Å². The number of halogens is 1. The first-order valence-electron chi connectivity index (χ1n) is 8.32. The molecule has 0 saturated carbocycles. The molecule has 1 aromatic heterocycles. The predicted molar refractivity (Wildman–Crippen MR) is 107 cm³/mol.